The van der Waals surface area contributed by atoms with Crippen LogP contribution in [0.15, 0.2) is 27.8 Å². The lowest BCUT2D eigenvalue weighted by Gasteiger charge is -2.32. The molecule has 0 aliphatic carbocycles. The van der Waals surface area contributed by atoms with E-state index in [1.54, 1.807) is 30.0 Å². The second-order valence-corrected chi connectivity index (χ2v) is 6.91. The van der Waals surface area contributed by atoms with Gasteiger partial charge in [-0.3, -0.25) is 19.2 Å². The Labute approximate surface area is 173 Å². The molecule has 0 spiro atoms. The number of carbonyl (C=O) groups is 2. The molecule has 1 aliphatic heterocycles. The van der Waals surface area contributed by atoms with Crippen molar-refractivity contribution in [2.75, 3.05) is 26.2 Å². The number of fused-ring (bicyclic) bond motifs is 1. The highest BCUT2D eigenvalue weighted by atomic mass is 35.5. The van der Waals surface area contributed by atoms with Crippen molar-refractivity contribution in [3.05, 3.63) is 44.5 Å². The Morgan fingerprint density at radius 3 is 2.76 bits per heavy atom. The fourth-order valence-corrected chi connectivity index (χ4v) is 3.62. The minimum absolute atomic E-state index is 0. The van der Waals surface area contributed by atoms with Gasteiger partial charge in [-0.1, -0.05) is 0 Å². The standard InChI is InChI=1S/C19H25N5O4.ClH/c1-2-24-15-6-5-12(10-14(15)22-17(26)19(24)28)18(27)23-9-3-4-13(11-23)16(25)21-8-7-20;/h5-6,10,13H,2-4,7-9,11,20H2,1H3,(H,21,25)(H,22,26);1H. The largest absolute Gasteiger partial charge is 0.355 e. The third-order valence-electron chi connectivity index (χ3n) is 5.06. The van der Waals surface area contributed by atoms with Gasteiger partial charge in [0.05, 0.1) is 17.0 Å². The van der Waals surface area contributed by atoms with E-state index >= 15 is 0 Å². The molecule has 29 heavy (non-hydrogen) atoms. The monoisotopic (exact) mass is 423 g/mol. The van der Waals surface area contributed by atoms with Gasteiger partial charge in [-0.15, -0.1) is 12.4 Å². The third kappa shape index (κ3) is 4.68. The predicted octanol–water partition coefficient (Wildman–Crippen LogP) is 0.0586. The van der Waals surface area contributed by atoms with Gasteiger partial charge in [0.1, 0.15) is 0 Å². The van der Waals surface area contributed by atoms with Crippen molar-refractivity contribution in [2.45, 2.75) is 26.3 Å². The van der Waals surface area contributed by atoms with Crippen LogP contribution >= 0.6 is 12.4 Å². The van der Waals surface area contributed by atoms with E-state index in [1.807, 2.05) is 0 Å². The molecule has 4 N–H and O–H groups in total. The number of likely N-dealkylation sites (tertiary alicyclic amines) is 1. The van der Waals surface area contributed by atoms with Crippen LogP contribution in [0, 0.1) is 5.92 Å². The molecule has 1 atom stereocenters. The average molecular weight is 424 g/mol. The summed E-state index contributed by atoms with van der Waals surface area (Å²) in [6, 6.07) is 4.90. The highest BCUT2D eigenvalue weighted by Gasteiger charge is 2.28. The Hall–Kier alpha value is -2.65. The number of rotatable bonds is 5. The van der Waals surface area contributed by atoms with Gasteiger partial charge in [0.25, 0.3) is 5.91 Å². The van der Waals surface area contributed by atoms with Gasteiger partial charge in [0.15, 0.2) is 0 Å². The molecule has 9 nitrogen and oxygen atoms in total. The summed E-state index contributed by atoms with van der Waals surface area (Å²) in [4.78, 5) is 53.2. The zero-order chi connectivity index (χ0) is 20.3. The van der Waals surface area contributed by atoms with E-state index in [9.17, 15) is 19.2 Å². The lowest BCUT2D eigenvalue weighted by Crippen LogP contribution is -2.46. The van der Waals surface area contributed by atoms with Gasteiger partial charge >= 0.3 is 11.1 Å². The Kier molecular flexibility index (Phi) is 7.58. The number of hydrogen-bond donors (Lipinski definition) is 3. The summed E-state index contributed by atoms with van der Waals surface area (Å²) in [7, 11) is 0. The van der Waals surface area contributed by atoms with Gasteiger partial charge in [-0.2, -0.15) is 0 Å². The Balaban J connectivity index is 0.00000300. The maximum Gasteiger partial charge on any atom is 0.316 e. The van der Waals surface area contributed by atoms with Crippen molar-refractivity contribution in [2.24, 2.45) is 11.7 Å². The molecule has 2 amide bonds. The van der Waals surface area contributed by atoms with Crippen LogP contribution in [0.3, 0.4) is 0 Å². The highest BCUT2D eigenvalue weighted by molar-refractivity contribution is 5.97. The summed E-state index contributed by atoms with van der Waals surface area (Å²) in [5, 5.41) is 2.78. The van der Waals surface area contributed by atoms with E-state index < -0.39 is 11.1 Å². The third-order valence-corrected chi connectivity index (χ3v) is 5.06. The molecule has 1 aliphatic rings. The van der Waals surface area contributed by atoms with Crippen molar-refractivity contribution >= 4 is 35.3 Å². The van der Waals surface area contributed by atoms with Crippen LogP contribution in [-0.4, -0.2) is 52.4 Å². The Bertz CT molecular complexity index is 1020. The van der Waals surface area contributed by atoms with Gasteiger partial charge in [-0.25, -0.2) is 0 Å². The number of aromatic nitrogens is 2. The number of carbonyl (C=O) groups excluding carboxylic acids is 2. The van der Waals surface area contributed by atoms with Crippen molar-refractivity contribution < 1.29 is 9.59 Å². The second-order valence-electron chi connectivity index (χ2n) is 6.91. The summed E-state index contributed by atoms with van der Waals surface area (Å²) < 4.78 is 1.38. The van der Waals surface area contributed by atoms with E-state index in [0.29, 0.717) is 49.3 Å². The summed E-state index contributed by atoms with van der Waals surface area (Å²) in [6.07, 6.45) is 1.47. The first-order valence-corrected chi connectivity index (χ1v) is 9.50. The van der Waals surface area contributed by atoms with Gasteiger partial charge < -0.3 is 25.5 Å². The van der Waals surface area contributed by atoms with Crippen LogP contribution in [0.4, 0.5) is 0 Å². The smallest absolute Gasteiger partial charge is 0.316 e. The first kappa shape index (κ1) is 22.6. The SMILES string of the molecule is CCn1c(=O)c(=O)[nH]c2cc(C(=O)N3CCCC(C(=O)NCCN)C3)ccc21.Cl. The minimum Gasteiger partial charge on any atom is -0.355 e. The van der Waals surface area contributed by atoms with Crippen molar-refractivity contribution in [3.63, 3.8) is 0 Å². The van der Waals surface area contributed by atoms with E-state index in [2.05, 4.69) is 10.3 Å². The fraction of sp³-hybridized carbons (Fsp3) is 0.474. The van der Waals surface area contributed by atoms with E-state index in [-0.39, 0.29) is 30.1 Å². The maximum absolute atomic E-state index is 12.9. The predicted molar refractivity (Wildman–Crippen MR) is 112 cm³/mol. The number of piperidine rings is 1. The van der Waals surface area contributed by atoms with E-state index in [1.165, 1.54) is 4.57 Å². The molecule has 2 heterocycles. The molecule has 2 aromatic rings. The molecular formula is C19H26ClN5O4. The summed E-state index contributed by atoms with van der Waals surface area (Å²) in [6.45, 7) is 3.85. The number of hydrogen-bond acceptors (Lipinski definition) is 5. The van der Waals surface area contributed by atoms with E-state index in [0.717, 1.165) is 12.8 Å². The minimum atomic E-state index is -0.714. The van der Waals surface area contributed by atoms with Crippen LogP contribution in [0.1, 0.15) is 30.1 Å². The molecule has 0 radical (unpaired) electrons. The molecule has 1 saturated heterocycles. The van der Waals surface area contributed by atoms with Crippen molar-refractivity contribution in [1.82, 2.24) is 19.8 Å². The zero-order valence-corrected chi connectivity index (χ0v) is 17.1. The number of aryl methyl sites for hydroxylation is 1. The molecule has 1 aromatic carbocycles. The quantitative estimate of drug-likeness (QED) is 0.585. The molecule has 0 saturated carbocycles. The van der Waals surface area contributed by atoms with Crippen LogP contribution in [-0.2, 0) is 11.3 Å². The topological polar surface area (TPSA) is 130 Å². The van der Waals surface area contributed by atoms with Crippen molar-refractivity contribution in [3.8, 4) is 0 Å². The lowest BCUT2D eigenvalue weighted by atomic mass is 9.96. The summed E-state index contributed by atoms with van der Waals surface area (Å²) >= 11 is 0. The molecular weight excluding hydrogens is 398 g/mol. The number of halogens is 1. The molecule has 1 unspecified atom stereocenters. The van der Waals surface area contributed by atoms with Crippen molar-refractivity contribution in [1.29, 1.82) is 0 Å². The van der Waals surface area contributed by atoms with Crippen LogP contribution in [0.2, 0.25) is 0 Å². The molecule has 10 heteroatoms. The van der Waals surface area contributed by atoms with Gasteiger partial charge in [0.2, 0.25) is 5.91 Å². The van der Waals surface area contributed by atoms with Crippen LogP contribution < -0.4 is 22.2 Å². The molecule has 0 bridgehead atoms. The number of nitrogens with two attached hydrogens (primary N) is 1. The normalized spacial score (nSPS) is 16.3. The summed E-state index contributed by atoms with van der Waals surface area (Å²) in [5.74, 6) is -0.541. The number of benzene rings is 1. The molecule has 1 aromatic heterocycles. The molecule has 3 rings (SSSR count). The van der Waals surface area contributed by atoms with E-state index in [4.69, 9.17) is 5.73 Å². The van der Waals surface area contributed by atoms with Crippen LogP contribution in [0.5, 0.6) is 0 Å². The summed E-state index contributed by atoms with van der Waals surface area (Å²) in [5.41, 5.74) is 5.51. The fourth-order valence-electron chi connectivity index (χ4n) is 3.62. The maximum atomic E-state index is 12.9. The zero-order valence-electron chi connectivity index (χ0n) is 16.3. The Morgan fingerprint density at radius 2 is 2.07 bits per heavy atom. The lowest BCUT2D eigenvalue weighted by molar-refractivity contribution is -0.126. The van der Waals surface area contributed by atoms with Gasteiger partial charge in [-0.05, 0) is 38.0 Å². The molecule has 1 fully saturated rings. The van der Waals surface area contributed by atoms with Gasteiger partial charge in [0, 0.05) is 38.3 Å². The van der Waals surface area contributed by atoms with Crippen LogP contribution in [0.25, 0.3) is 11.0 Å². The number of aromatic amines is 1. The Morgan fingerprint density at radius 1 is 1.31 bits per heavy atom. The number of H-pyrrole nitrogens is 1. The number of nitrogens with zero attached hydrogens (tertiary/aromatic N) is 2. The molecule has 158 valence electrons. The number of nitrogens with one attached hydrogen (secondary N) is 2. The highest BCUT2D eigenvalue weighted by Crippen LogP contribution is 2.20. The second kappa shape index (κ2) is 9.71. The first-order chi connectivity index (χ1) is 13.5. The average Bonchev–Trinajstić information content (AvgIpc) is 2.72. The first-order valence-electron chi connectivity index (χ1n) is 9.50. The number of amides is 2.